The van der Waals surface area contributed by atoms with Crippen LogP contribution in [-0.4, -0.2) is 21.8 Å². The van der Waals surface area contributed by atoms with Crippen molar-refractivity contribution in [3.05, 3.63) is 47.5 Å². The molecule has 19 heavy (non-hydrogen) atoms. The second kappa shape index (κ2) is 5.23. The van der Waals surface area contributed by atoms with Gasteiger partial charge in [0, 0.05) is 11.8 Å². The minimum absolute atomic E-state index is 0.273. The normalized spacial score (nSPS) is 11.3. The molecule has 0 amide bonds. The summed E-state index contributed by atoms with van der Waals surface area (Å²) in [6.45, 7) is 0. The topological polar surface area (TPSA) is 43.4 Å². The average Bonchev–Trinajstić information content (AvgIpc) is 2.38. The van der Waals surface area contributed by atoms with E-state index in [1.807, 2.05) is 0 Å². The number of ether oxygens (including phenoxy) is 1. The van der Waals surface area contributed by atoms with Crippen LogP contribution >= 0.6 is 11.6 Å². The quantitative estimate of drug-likeness (QED) is 0.873. The lowest BCUT2D eigenvalue weighted by Crippen LogP contribution is -1.96. The van der Waals surface area contributed by atoms with Gasteiger partial charge in [-0.2, -0.15) is 0 Å². The maximum atomic E-state index is 11.4. The average molecular weight is 296 g/mol. The Labute approximate surface area is 117 Å². The summed E-state index contributed by atoms with van der Waals surface area (Å²) in [5.41, 5.74) is 1.47. The van der Waals surface area contributed by atoms with Crippen LogP contribution in [0.15, 0.2) is 41.3 Å². The molecular formula is C14H12ClO3S. The number of hydrogen-bond acceptors (Lipinski definition) is 3. The molecule has 2 aromatic rings. The zero-order chi connectivity index (χ0) is 14.0. The summed E-state index contributed by atoms with van der Waals surface area (Å²) < 4.78 is 27.9. The van der Waals surface area contributed by atoms with Crippen LogP contribution in [0.1, 0.15) is 0 Å². The molecule has 0 aromatic heterocycles. The fourth-order valence-electron chi connectivity index (χ4n) is 1.70. The minimum atomic E-state index is -3.19. The maximum absolute atomic E-state index is 11.4. The van der Waals surface area contributed by atoms with Gasteiger partial charge in [0.25, 0.3) is 0 Å². The first-order valence-corrected chi connectivity index (χ1v) is 7.75. The highest BCUT2D eigenvalue weighted by Crippen LogP contribution is 2.34. The predicted octanol–water partition coefficient (Wildman–Crippen LogP) is 3.22. The largest absolute Gasteiger partial charge is 0.495 e. The number of rotatable bonds is 3. The van der Waals surface area contributed by atoms with Crippen LogP contribution in [0.5, 0.6) is 5.75 Å². The fraction of sp³-hybridized carbons (Fsp3) is 0.143. The lowest BCUT2D eigenvalue weighted by Gasteiger charge is -2.08. The fourth-order valence-corrected chi connectivity index (χ4v) is 2.63. The smallest absolute Gasteiger partial charge is 0.175 e. The summed E-state index contributed by atoms with van der Waals surface area (Å²) in [6.07, 6.45) is 1.17. The summed E-state index contributed by atoms with van der Waals surface area (Å²) in [7, 11) is -1.65. The van der Waals surface area contributed by atoms with Gasteiger partial charge in [0.05, 0.1) is 17.0 Å². The van der Waals surface area contributed by atoms with Gasteiger partial charge >= 0.3 is 0 Å². The minimum Gasteiger partial charge on any atom is -0.495 e. The van der Waals surface area contributed by atoms with Gasteiger partial charge in [-0.3, -0.25) is 0 Å². The van der Waals surface area contributed by atoms with Crippen molar-refractivity contribution in [3.63, 3.8) is 0 Å². The molecule has 1 radical (unpaired) electrons. The third kappa shape index (κ3) is 2.91. The molecule has 0 unspecified atom stereocenters. The monoisotopic (exact) mass is 295 g/mol. The first-order chi connectivity index (χ1) is 8.93. The van der Waals surface area contributed by atoms with Crippen molar-refractivity contribution in [2.24, 2.45) is 0 Å². The van der Waals surface area contributed by atoms with E-state index < -0.39 is 9.84 Å². The molecule has 0 fully saturated rings. The van der Waals surface area contributed by atoms with E-state index in [2.05, 4.69) is 6.07 Å². The van der Waals surface area contributed by atoms with Crippen molar-refractivity contribution in [2.45, 2.75) is 4.90 Å². The van der Waals surface area contributed by atoms with E-state index in [-0.39, 0.29) is 4.90 Å². The van der Waals surface area contributed by atoms with Gasteiger partial charge in [-0.05, 0) is 35.9 Å². The van der Waals surface area contributed by atoms with Crippen molar-refractivity contribution < 1.29 is 13.2 Å². The van der Waals surface area contributed by atoms with E-state index in [1.54, 1.807) is 36.4 Å². The van der Waals surface area contributed by atoms with Crippen LogP contribution in [0.25, 0.3) is 11.1 Å². The molecule has 2 rings (SSSR count). The Bertz CT molecular complexity index is 691. The van der Waals surface area contributed by atoms with E-state index >= 15 is 0 Å². The van der Waals surface area contributed by atoms with Crippen LogP contribution < -0.4 is 4.74 Å². The second-order valence-electron chi connectivity index (χ2n) is 4.03. The lowest BCUT2D eigenvalue weighted by atomic mass is 10.1. The number of sulfone groups is 1. The molecule has 0 aliphatic carbocycles. The van der Waals surface area contributed by atoms with Crippen molar-refractivity contribution >= 4 is 21.4 Å². The van der Waals surface area contributed by atoms with Gasteiger partial charge in [0.2, 0.25) is 0 Å². The van der Waals surface area contributed by atoms with Crippen molar-refractivity contribution in [2.75, 3.05) is 13.4 Å². The summed E-state index contributed by atoms with van der Waals surface area (Å²) in [5, 5.41) is 0.456. The molecule has 0 N–H and O–H groups in total. The van der Waals surface area contributed by atoms with Gasteiger partial charge in [0.15, 0.2) is 9.84 Å². The zero-order valence-electron chi connectivity index (χ0n) is 10.5. The van der Waals surface area contributed by atoms with Gasteiger partial charge in [-0.1, -0.05) is 23.7 Å². The third-order valence-corrected chi connectivity index (χ3v) is 4.19. The van der Waals surface area contributed by atoms with Gasteiger partial charge in [-0.25, -0.2) is 8.42 Å². The van der Waals surface area contributed by atoms with Gasteiger partial charge in [0.1, 0.15) is 5.75 Å². The SMILES string of the molecule is COc1cc[c]c(-c2ccc(S(C)(=O)=O)cc2)c1Cl. The molecule has 5 heteroatoms. The van der Waals surface area contributed by atoms with E-state index in [0.29, 0.717) is 16.3 Å². The molecule has 0 saturated heterocycles. The molecule has 3 nitrogen and oxygen atoms in total. The Balaban J connectivity index is 2.49. The Morgan fingerprint density at radius 1 is 1.16 bits per heavy atom. The second-order valence-corrected chi connectivity index (χ2v) is 6.43. The van der Waals surface area contributed by atoms with Crippen molar-refractivity contribution in [3.8, 4) is 16.9 Å². The summed E-state index contributed by atoms with van der Waals surface area (Å²) in [6, 6.07) is 13.0. The molecule has 0 aliphatic heterocycles. The molecule has 0 saturated carbocycles. The van der Waals surface area contributed by atoms with Gasteiger partial charge in [-0.15, -0.1) is 0 Å². The molecule has 2 aromatic carbocycles. The molecule has 0 aliphatic rings. The molecular weight excluding hydrogens is 284 g/mol. The van der Waals surface area contributed by atoms with Crippen molar-refractivity contribution in [1.29, 1.82) is 0 Å². The van der Waals surface area contributed by atoms with E-state index in [4.69, 9.17) is 16.3 Å². The Morgan fingerprint density at radius 2 is 1.79 bits per heavy atom. The van der Waals surface area contributed by atoms with Crippen molar-refractivity contribution in [1.82, 2.24) is 0 Å². The highest BCUT2D eigenvalue weighted by molar-refractivity contribution is 7.90. The van der Waals surface area contributed by atoms with Crippen LogP contribution in [-0.2, 0) is 9.84 Å². The van der Waals surface area contributed by atoms with E-state index in [1.165, 1.54) is 13.4 Å². The van der Waals surface area contributed by atoms with Gasteiger partial charge < -0.3 is 4.74 Å². The van der Waals surface area contributed by atoms with Crippen LogP contribution in [0.4, 0.5) is 0 Å². The molecule has 99 valence electrons. The van der Waals surface area contributed by atoms with Crippen LogP contribution in [0.2, 0.25) is 5.02 Å². The summed E-state index contributed by atoms with van der Waals surface area (Å²) in [5.74, 6) is 0.558. The third-order valence-electron chi connectivity index (χ3n) is 2.69. The van der Waals surface area contributed by atoms with Crippen LogP contribution in [0.3, 0.4) is 0 Å². The standard InChI is InChI=1S/C14H12ClO3S/c1-18-13-5-3-4-12(14(13)15)10-6-8-11(9-7-10)19(2,16)17/h3,5-9H,1-2H3. The number of methoxy groups -OCH3 is 1. The highest BCUT2D eigenvalue weighted by atomic mass is 35.5. The lowest BCUT2D eigenvalue weighted by molar-refractivity contribution is 0.415. The summed E-state index contributed by atoms with van der Waals surface area (Å²) >= 11 is 6.20. The predicted molar refractivity (Wildman–Crippen MR) is 75.4 cm³/mol. The number of halogens is 1. The van der Waals surface area contributed by atoms with E-state index in [0.717, 1.165) is 5.56 Å². The van der Waals surface area contributed by atoms with E-state index in [9.17, 15) is 8.42 Å². The zero-order valence-corrected chi connectivity index (χ0v) is 12.0. The first-order valence-electron chi connectivity index (χ1n) is 5.48. The van der Waals surface area contributed by atoms with Crippen LogP contribution in [0, 0.1) is 6.07 Å². The molecule has 0 atom stereocenters. The molecule has 0 bridgehead atoms. The highest BCUT2D eigenvalue weighted by Gasteiger charge is 2.11. The molecule has 0 spiro atoms. The maximum Gasteiger partial charge on any atom is 0.175 e. The Hall–Kier alpha value is -1.52. The Kier molecular flexibility index (Phi) is 3.83. The molecule has 0 heterocycles. The number of benzene rings is 2. The first kappa shape index (κ1) is 13.9. The number of hydrogen-bond donors (Lipinski definition) is 0. The summed E-state index contributed by atoms with van der Waals surface area (Å²) in [4.78, 5) is 0.273. The Morgan fingerprint density at radius 3 is 2.32 bits per heavy atom.